The first-order valence-electron chi connectivity index (χ1n) is 11.5. The summed E-state index contributed by atoms with van der Waals surface area (Å²) < 4.78 is 6.61. The van der Waals surface area contributed by atoms with Crippen molar-refractivity contribution in [3.8, 4) is 0 Å². The van der Waals surface area contributed by atoms with Crippen molar-refractivity contribution in [2.45, 2.75) is 74.5 Å². The summed E-state index contributed by atoms with van der Waals surface area (Å²) in [5.74, 6) is 1.34. The summed E-state index contributed by atoms with van der Waals surface area (Å²) in [7, 11) is 0. The van der Waals surface area contributed by atoms with E-state index in [2.05, 4.69) is 22.3 Å². The van der Waals surface area contributed by atoms with E-state index in [4.69, 9.17) is 4.74 Å². The number of amides is 1. The van der Waals surface area contributed by atoms with E-state index in [1.54, 1.807) is 0 Å². The van der Waals surface area contributed by atoms with Gasteiger partial charge in [-0.05, 0) is 44.1 Å². The summed E-state index contributed by atoms with van der Waals surface area (Å²) in [6.07, 6.45) is 10.3. The average Bonchev–Trinajstić information content (AvgIpc) is 3.10. The molecule has 3 heterocycles. The van der Waals surface area contributed by atoms with Crippen molar-refractivity contribution in [2.24, 2.45) is 11.8 Å². The number of hydrogen-bond acceptors (Lipinski definition) is 3. The van der Waals surface area contributed by atoms with Crippen molar-refractivity contribution < 1.29 is 9.53 Å². The van der Waals surface area contributed by atoms with Gasteiger partial charge in [-0.2, -0.15) is 0 Å². The fourth-order valence-electron chi connectivity index (χ4n) is 6.96. The van der Waals surface area contributed by atoms with Gasteiger partial charge in [-0.25, -0.2) is 0 Å². The summed E-state index contributed by atoms with van der Waals surface area (Å²) in [4.78, 5) is 15.8. The van der Waals surface area contributed by atoms with E-state index in [9.17, 15) is 4.79 Å². The third-order valence-corrected chi connectivity index (χ3v) is 8.66. The maximum Gasteiger partial charge on any atom is 0.230 e. The van der Waals surface area contributed by atoms with Gasteiger partial charge < -0.3 is 10.1 Å². The Kier molecular flexibility index (Phi) is 3.93. The Morgan fingerprint density at radius 2 is 1.89 bits per heavy atom. The molecule has 1 N–H and O–H groups in total. The molecule has 2 aliphatic carbocycles. The van der Waals surface area contributed by atoms with Gasteiger partial charge in [-0.15, -0.1) is 0 Å². The van der Waals surface area contributed by atoms with E-state index in [0.717, 1.165) is 32.0 Å². The van der Waals surface area contributed by atoms with Gasteiger partial charge in [-0.3, -0.25) is 9.69 Å². The van der Waals surface area contributed by atoms with Crippen molar-refractivity contribution in [3.63, 3.8) is 0 Å². The number of ether oxygens (including phenoxy) is 1. The van der Waals surface area contributed by atoms with Crippen LogP contribution in [-0.2, 0) is 14.9 Å². The second-order valence-corrected chi connectivity index (χ2v) is 10.1. The number of carbonyl (C=O) groups is 1. The lowest BCUT2D eigenvalue weighted by atomic mass is 9.73. The molecule has 1 amide bonds. The van der Waals surface area contributed by atoms with E-state index in [1.165, 1.54) is 50.6 Å². The lowest BCUT2D eigenvalue weighted by Gasteiger charge is -2.30. The summed E-state index contributed by atoms with van der Waals surface area (Å²) in [5.41, 5.74) is 1.02. The van der Waals surface area contributed by atoms with E-state index < -0.39 is 0 Å². The molecule has 2 saturated carbocycles. The highest BCUT2D eigenvalue weighted by Gasteiger charge is 2.63. The molecule has 0 unspecified atom stereocenters. The molecule has 2 bridgehead atoms. The molecule has 1 aromatic carbocycles. The highest BCUT2D eigenvalue weighted by Crippen LogP contribution is 2.55. The molecule has 6 rings (SSSR count). The van der Waals surface area contributed by atoms with Crippen LogP contribution in [0.5, 0.6) is 0 Å². The third-order valence-electron chi connectivity index (χ3n) is 8.66. The van der Waals surface area contributed by atoms with E-state index in [1.807, 2.05) is 18.2 Å². The Labute approximate surface area is 168 Å². The quantitative estimate of drug-likeness (QED) is 0.853. The number of benzene rings is 1. The second kappa shape index (κ2) is 6.30. The largest absolute Gasteiger partial charge is 0.370 e. The molecule has 0 aromatic heterocycles. The average molecular weight is 381 g/mol. The molecule has 1 spiro atoms. The first-order chi connectivity index (χ1) is 13.7. The number of likely N-dealkylation sites (tertiary alicyclic amines) is 1. The van der Waals surface area contributed by atoms with Crippen molar-refractivity contribution in [3.05, 3.63) is 35.9 Å². The minimum atomic E-state index is -0.261. The van der Waals surface area contributed by atoms with Gasteiger partial charge in [0.2, 0.25) is 5.91 Å². The summed E-state index contributed by atoms with van der Waals surface area (Å²) in [5, 5.41) is 3.37. The Morgan fingerprint density at radius 1 is 1.11 bits per heavy atom. The first kappa shape index (κ1) is 17.5. The monoisotopic (exact) mass is 380 g/mol. The molecule has 5 fully saturated rings. The number of nitrogens with zero attached hydrogens (tertiary/aromatic N) is 1. The van der Waals surface area contributed by atoms with Crippen LogP contribution in [0.15, 0.2) is 30.3 Å². The summed E-state index contributed by atoms with van der Waals surface area (Å²) in [6, 6.07) is 11.1. The highest BCUT2D eigenvalue weighted by molar-refractivity contribution is 5.91. The van der Waals surface area contributed by atoms with Crippen LogP contribution in [0, 0.1) is 11.8 Å². The molecule has 150 valence electrons. The normalized spacial score (nSPS) is 38.6. The highest BCUT2D eigenvalue weighted by atomic mass is 16.5. The van der Waals surface area contributed by atoms with E-state index in [-0.39, 0.29) is 16.9 Å². The maximum atomic E-state index is 13.1. The molecule has 3 aliphatic heterocycles. The van der Waals surface area contributed by atoms with Crippen LogP contribution in [0.4, 0.5) is 0 Å². The SMILES string of the molecule is O=C(NC[C@H]1[C@H]2CN(C3CCCC3)C[C@]23CC[C@H]1O3)C1(c2ccccc2)CC1. The van der Waals surface area contributed by atoms with Crippen molar-refractivity contribution in [1.29, 1.82) is 0 Å². The summed E-state index contributed by atoms with van der Waals surface area (Å²) >= 11 is 0. The predicted octanol–water partition coefficient (Wildman–Crippen LogP) is 3.26. The Bertz CT molecular complexity index is 755. The van der Waals surface area contributed by atoms with Crippen molar-refractivity contribution in [1.82, 2.24) is 10.2 Å². The van der Waals surface area contributed by atoms with Crippen LogP contribution in [0.2, 0.25) is 0 Å². The number of carbonyl (C=O) groups excluding carboxylic acids is 1. The van der Waals surface area contributed by atoms with Gasteiger partial charge >= 0.3 is 0 Å². The minimum Gasteiger partial charge on any atom is -0.370 e. The molecule has 3 saturated heterocycles. The van der Waals surface area contributed by atoms with Crippen LogP contribution < -0.4 is 5.32 Å². The molecular formula is C24H32N2O2. The number of hydrogen-bond donors (Lipinski definition) is 1. The van der Waals surface area contributed by atoms with Gasteiger partial charge in [0.05, 0.1) is 17.1 Å². The first-order valence-corrected chi connectivity index (χ1v) is 11.5. The number of nitrogens with one attached hydrogen (secondary N) is 1. The molecule has 4 heteroatoms. The van der Waals surface area contributed by atoms with Crippen LogP contribution in [0.3, 0.4) is 0 Å². The Morgan fingerprint density at radius 3 is 2.64 bits per heavy atom. The van der Waals surface area contributed by atoms with Crippen molar-refractivity contribution >= 4 is 5.91 Å². The zero-order chi connectivity index (χ0) is 18.8. The number of fused-ring (bicyclic) bond motifs is 1. The van der Waals surface area contributed by atoms with Gasteiger partial charge in [0.15, 0.2) is 0 Å². The van der Waals surface area contributed by atoms with Gasteiger partial charge in [0.25, 0.3) is 0 Å². The molecule has 1 aromatic rings. The fourth-order valence-corrected chi connectivity index (χ4v) is 6.96. The lowest BCUT2D eigenvalue weighted by molar-refractivity contribution is -0.123. The van der Waals surface area contributed by atoms with Crippen molar-refractivity contribution in [2.75, 3.05) is 19.6 Å². The molecular weight excluding hydrogens is 348 g/mol. The molecule has 5 aliphatic rings. The fraction of sp³-hybridized carbons (Fsp3) is 0.708. The Balaban J connectivity index is 1.14. The number of rotatable bonds is 5. The van der Waals surface area contributed by atoms with E-state index >= 15 is 0 Å². The lowest BCUT2D eigenvalue weighted by Crippen LogP contribution is -2.44. The standard InChI is InChI=1S/C24H32N2O2/c27-22(23(12-13-23)17-6-2-1-3-7-17)25-14-19-20-15-26(18-8-4-5-9-18)16-24(20)11-10-21(19)28-24/h1-3,6-7,18-21H,4-5,8-16H2,(H,25,27)/t19-,20+,21+,24+/m0/s1. The Hall–Kier alpha value is -1.39. The van der Waals surface area contributed by atoms with Crippen LogP contribution in [0.1, 0.15) is 56.9 Å². The van der Waals surface area contributed by atoms with Crippen LogP contribution in [-0.4, -0.2) is 48.2 Å². The second-order valence-electron chi connectivity index (χ2n) is 10.1. The van der Waals surface area contributed by atoms with Gasteiger partial charge in [0.1, 0.15) is 0 Å². The zero-order valence-electron chi connectivity index (χ0n) is 16.7. The topological polar surface area (TPSA) is 41.6 Å². The van der Waals surface area contributed by atoms with Gasteiger partial charge in [-0.1, -0.05) is 43.2 Å². The molecule has 0 radical (unpaired) electrons. The maximum absolute atomic E-state index is 13.1. The van der Waals surface area contributed by atoms with Gasteiger partial charge in [0, 0.05) is 37.5 Å². The van der Waals surface area contributed by atoms with Crippen LogP contribution in [0.25, 0.3) is 0 Å². The zero-order valence-corrected chi connectivity index (χ0v) is 16.7. The smallest absolute Gasteiger partial charge is 0.230 e. The van der Waals surface area contributed by atoms with Crippen LogP contribution >= 0.6 is 0 Å². The summed E-state index contributed by atoms with van der Waals surface area (Å²) in [6.45, 7) is 3.12. The molecule has 28 heavy (non-hydrogen) atoms. The predicted molar refractivity (Wildman–Crippen MR) is 108 cm³/mol. The molecule has 4 atom stereocenters. The third kappa shape index (κ3) is 2.53. The minimum absolute atomic E-state index is 0.0966. The molecule has 4 nitrogen and oxygen atoms in total. The van der Waals surface area contributed by atoms with E-state index in [0.29, 0.717) is 17.9 Å².